The summed E-state index contributed by atoms with van der Waals surface area (Å²) in [6.45, 7) is 10.6. The number of hydrogen-bond donors (Lipinski definition) is 2. The van der Waals surface area contributed by atoms with Crippen LogP contribution >= 0.6 is 0 Å². The first kappa shape index (κ1) is 30.3. The lowest BCUT2D eigenvalue weighted by atomic mass is 10.1. The van der Waals surface area contributed by atoms with Gasteiger partial charge in [-0.3, -0.25) is 19.7 Å². The highest BCUT2D eigenvalue weighted by Gasteiger charge is 2.37. The molecule has 0 aliphatic carbocycles. The van der Waals surface area contributed by atoms with Crippen molar-refractivity contribution in [1.82, 2.24) is 0 Å². The standard InChI is InChI=1S/C23H38N2O9Si/c1-7-8-9-22(29)33-16-24(14-21(27)28)19-12-17(15-34-35(5,6)23(2,3)4)18(25(30)31)13-20(19)32-11-10-26/h12-13,26H,7-11,14-16H2,1-6H3,(H,27,28). The number of nitro benzene ring substituents is 1. The van der Waals surface area contributed by atoms with Crippen LogP contribution < -0.4 is 9.64 Å². The van der Waals surface area contributed by atoms with Crippen molar-refractivity contribution in [1.29, 1.82) is 0 Å². The Morgan fingerprint density at radius 2 is 1.89 bits per heavy atom. The monoisotopic (exact) mass is 514 g/mol. The summed E-state index contributed by atoms with van der Waals surface area (Å²) in [6.07, 6.45) is 1.62. The number of unbranched alkanes of at least 4 members (excludes halogenated alkanes) is 1. The Morgan fingerprint density at radius 1 is 1.23 bits per heavy atom. The number of carbonyl (C=O) groups is 2. The molecule has 0 amide bonds. The molecule has 0 aliphatic heterocycles. The number of rotatable bonds is 15. The SMILES string of the molecule is CCCCC(=O)OCN(CC(=O)O)c1cc(CO[Si](C)(C)C(C)(C)C)c([N+](=O)[O-])cc1OCCO. The van der Waals surface area contributed by atoms with E-state index >= 15 is 0 Å². The Morgan fingerprint density at radius 3 is 2.40 bits per heavy atom. The molecule has 0 atom stereocenters. The van der Waals surface area contributed by atoms with E-state index < -0.39 is 31.7 Å². The van der Waals surface area contributed by atoms with Crippen molar-refractivity contribution in [2.24, 2.45) is 0 Å². The lowest BCUT2D eigenvalue weighted by Gasteiger charge is -2.36. The average Bonchev–Trinajstić information content (AvgIpc) is 2.76. The molecule has 0 spiro atoms. The molecule has 1 rings (SSSR count). The third kappa shape index (κ3) is 9.46. The normalized spacial score (nSPS) is 11.7. The molecule has 2 N–H and O–H groups in total. The van der Waals surface area contributed by atoms with Gasteiger partial charge in [0.2, 0.25) is 0 Å². The number of nitrogens with zero attached hydrogens (tertiary/aromatic N) is 2. The second-order valence-electron chi connectivity index (χ2n) is 9.67. The minimum absolute atomic E-state index is 0.00677. The maximum absolute atomic E-state index is 12.0. The molecule has 1 aromatic rings. The topological polar surface area (TPSA) is 149 Å². The molecular weight excluding hydrogens is 476 g/mol. The molecule has 0 aromatic heterocycles. The maximum atomic E-state index is 12.0. The van der Waals surface area contributed by atoms with Gasteiger partial charge in [0.15, 0.2) is 15.0 Å². The molecule has 11 nitrogen and oxygen atoms in total. The number of carboxylic acids is 1. The summed E-state index contributed by atoms with van der Waals surface area (Å²) in [5.41, 5.74) is 0.165. The van der Waals surface area contributed by atoms with Crippen LogP contribution in [-0.2, 0) is 25.4 Å². The molecule has 0 saturated carbocycles. The molecule has 1 aromatic carbocycles. The predicted octanol–water partition coefficient (Wildman–Crippen LogP) is 4.07. The van der Waals surface area contributed by atoms with E-state index in [0.29, 0.717) is 6.42 Å². The van der Waals surface area contributed by atoms with E-state index in [0.717, 1.165) is 6.42 Å². The van der Waals surface area contributed by atoms with Crippen LogP contribution in [0.15, 0.2) is 12.1 Å². The van der Waals surface area contributed by atoms with Gasteiger partial charge in [0.05, 0.1) is 35.5 Å². The van der Waals surface area contributed by atoms with Gasteiger partial charge in [0, 0.05) is 6.42 Å². The van der Waals surface area contributed by atoms with Crippen LogP contribution in [0.25, 0.3) is 0 Å². The summed E-state index contributed by atoms with van der Waals surface area (Å²) in [5.74, 6) is -1.68. The van der Waals surface area contributed by atoms with Crippen molar-refractivity contribution in [2.45, 2.75) is 71.7 Å². The number of esters is 1. The fourth-order valence-corrected chi connectivity index (χ4v) is 3.74. The number of aliphatic carboxylic acids is 1. The van der Waals surface area contributed by atoms with Crippen molar-refractivity contribution in [3.05, 3.63) is 27.8 Å². The first-order valence-corrected chi connectivity index (χ1v) is 14.5. The first-order valence-electron chi connectivity index (χ1n) is 11.5. The van der Waals surface area contributed by atoms with Crippen molar-refractivity contribution in [3.63, 3.8) is 0 Å². The Balaban J connectivity index is 3.46. The molecule has 0 radical (unpaired) electrons. The Labute approximate surface area is 207 Å². The molecule has 198 valence electrons. The number of aliphatic hydroxyl groups is 1. The Bertz CT molecular complexity index is 884. The van der Waals surface area contributed by atoms with Crippen LogP contribution in [0.4, 0.5) is 11.4 Å². The number of nitro groups is 1. The van der Waals surface area contributed by atoms with Gasteiger partial charge in [0.1, 0.15) is 18.9 Å². The van der Waals surface area contributed by atoms with Gasteiger partial charge in [-0.2, -0.15) is 0 Å². The highest BCUT2D eigenvalue weighted by Crippen LogP contribution is 2.40. The zero-order valence-electron chi connectivity index (χ0n) is 21.5. The van der Waals surface area contributed by atoms with E-state index in [4.69, 9.17) is 13.9 Å². The van der Waals surface area contributed by atoms with Crippen molar-refractivity contribution < 1.29 is 38.6 Å². The van der Waals surface area contributed by atoms with Crippen LogP contribution in [0, 0.1) is 10.1 Å². The lowest BCUT2D eigenvalue weighted by molar-refractivity contribution is -0.385. The first-order chi connectivity index (χ1) is 16.2. The van der Waals surface area contributed by atoms with E-state index in [1.54, 1.807) is 0 Å². The molecule has 0 aliphatic rings. The molecule has 0 fully saturated rings. The number of carbonyl (C=O) groups excluding carboxylic acids is 1. The van der Waals surface area contributed by atoms with Crippen molar-refractivity contribution >= 4 is 31.6 Å². The molecule has 0 unspecified atom stereocenters. The summed E-state index contributed by atoms with van der Waals surface area (Å²) in [4.78, 5) is 36.1. The van der Waals surface area contributed by atoms with Gasteiger partial charge in [0.25, 0.3) is 5.69 Å². The Kier molecular flexibility index (Phi) is 11.6. The van der Waals surface area contributed by atoms with Crippen LogP contribution in [0.2, 0.25) is 18.1 Å². The summed E-state index contributed by atoms with van der Waals surface area (Å²) >= 11 is 0. The fourth-order valence-electron chi connectivity index (χ4n) is 2.79. The van der Waals surface area contributed by atoms with Gasteiger partial charge in [-0.25, -0.2) is 0 Å². The number of carboxylic acid groups (broad SMARTS) is 1. The third-order valence-corrected chi connectivity index (χ3v) is 10.4. The van der Waals surface area contributed by atoms with Crippen LogP contribution in [-0.4, -0.2) is 61.9 Å². The zero-order valence-corrected chi connectivity index (χ0v) is 22.5. The smallest absolute Gasteiger partial charge is 0.323 e. The van der Waals surface area contributed by atoms with E-state index in [1.807, 2.05) is 40.8 Å². The predicted molar refractivity (Wildman–Crippen MR) is 133 cm³/mol. The largest absolute Gasteiger partial charge is 0.489 e. The fraction of sp³-hybridized carbons (Fsp3) is 0.652. The van der Waals surface area contributed by atoms with E-state index in [-0.39, 0.29) is 60.7 Å². The van der Waals surface area contributed by atoms with E-state index in [9.17, 15) is 29.9 Å². The molecule has 12 heteroatoms. The van der Waals surface area contributed by atoms with Crippen molar-refractivity contribution in [3.8, 4) is 5.75 Å². The Hall–Kier alpha value is -2.70. The van der Waals surface area contributed by atoms with Crippen LogP contribution in [0.1, 0.15) is 52.5 Å². The number of benzene rings is 1. The second-order valence-corrected chi connectivity index (χ2v) is 14.5. The van der Waals surface area contributed by atoms with Gasteiger partial charge < -0.3 is 29.0 Å². The lowest BCUT2D eigenvalue weighted by Crippen LogP contribution is -2.40. The van der Waals surface area contributed by atoms with Crippen LogP contribution in [0.5, 0.6) is 5.75 Å². The summed E-state index contributed by atoms with van der Waals surface area (Å²) in [6, 6.07) is 2.61. The highest BCUT2D eigenvalue weighted by atomic mass is 28.4. The minimum atomic E-state index is -2.26. The number of anilines is 1. The maximum Gasteiger partial charge on any atom is 0.323 e. The van der Waals surface area contributed by atoms with Gasteiger partial charge >= 0.3 is 11.9 Å². The summed E-state index contributed by atoms with van der Waals surface area (Å²) in [5, 5.41) is 30.3. The number of aliphatic hydroxyl groups excluding tert-OH is 1. The van der Waals surface area contributed by atoms with E-state index in [2.05, 4.69) is 0 Å². The average molecular weight is 515 g/mol. The molecule has 0 heterocycles. The van der Waals surface area contributed by atoms with Gasteiger partial charge in [-0.1, -0.05) is 34.1 Å². The quantitative estimate of drug-likeness (QED) is 0.115. The molecular formula is C23H38N2O9Si. The van der Waals surface area contributed by atoms with Crippen molar-refractivity contribution in [2.75, 3.05) is 31.4 Å². The molecule has 0 saturated heterocycles. The van der Waals surface area contributed by atoms with Gasteiger partial charge in [-0.05, 0) is 30.6 Å². The van der Waals surface area contributed by atoms with E-state index in [1.165, 1.54) is 17.0 Å². The highest BCUT2D eigenvalue weighted by molar-refractivity contribution is 6.74. The zero-order chi connectivity index (χ0) is 26.8. The second kappa shape index (κ2) is 13.4. The number of hydrogen-bond acceptors (Lipinski definition) is 9. The summed E-state index contributed by atoms with van der Waals surface area (Å²) in [7, 11) is -2.26. The minimum Gasteiger partial charge on any atom is -0.489 e. The van der Waals surface area contributed by atoms with Gasteiger partial charge in [-0.15, -0.1) is 0 Å². The molecule has 0 bridgehead atoms. The van der Waals surface area contributed by atoms with Crippen LogP contribution in [0.3, 0.4) is 0 Å². The molecule has 35 heavy (non-hydrogen) atoms. The third-order valence-electron chi connectivity index (χ3n) is 5.88. The number of ether oxygens (including phenoxy) is 2. The summed E-state index contributed by atoms with van der Waals surface area (Å²) < 4.78 is 16.9.